The van der Waals surface area contributed by atoms with Crippen LogP contribution in [0.5, 0.6) is 0 Å². The van der Waals surface area contributed by atoms with Crippen molar-refractivity contribution >= 4 is 0 Å². The molecular formula is C8H10F2N2O. The molecule has 0 spiro atoms. The van der Waals surface area contributed by atoms with Crippen molar-refractivity contribution in [2.24, 2.45) is 5.73 Å². The monoisotopic (exact) mass is 188 g/mol. The third-order valence-electron chi connectivity index (χ3n) is 1.67. The van der Waals surface area contributed by atoms with Gasteiger partial charge in [-0.15, -0.1) is 0 Å². The predicted molar refractivity (Wildman–Crippen MR) is 43.0 cm³/mol. The molecule has 0 aliphatic carbocycles. The van der Waals surface area contributed by atoms with Crippen LogP contribution in [-0.4, -0.2) is 10.1 Å². The average Bonchev–Trinajstić information content (AvgIpc) is 2.16. The first kappa shape index (κ1) is 10.0. The Labute approximate surface area is 74.2 Å². The van der Waals surface area contributed by atoms with Crippen molar-refractivity contribution in [3.8, 4) is 0 Å². The van der Waals surface area contributed by atoms with Gasteiger partial charge in [-0.25, -0.2) is 8.78 Å². The van der Waals surface area contributed by atoms with Gasteiger partial charge in [-0.2, -0.15) is 0 Å². The Kier molecular flexibility index (Phi) is 3.27. The maximum Gasteiger partial charge on any atom is 0.280 e. The molecule has 72 valence electrons. The summed E-state index contributed by atoms with van der Waals surface area (Å²) in [6.07, 6.45) is -1.37. The number of aliphatic hydroxyl groups excluding tert-OH is 1. The fourth-order valence-electron chi connectivity index (χ4n) is 1.01. The highest BCUT2D eigenvalue weighted by Gasteiger charge is 2.14. The topological polar surface area (TPSA) is 59.1 Å². The molecule has 5 heteroatoms. The largest absolute Gasteiger partial charge is 0.392 e. The summed E-state index contributed by atoms with van der Waals surface area (Å²) >= 11 is 0. The lowest BCUT2D eigenvalue weighted by atomic mass is 10.1. The standard InChI is InChI=1S/C8H10F2N2O/c9-8(10)7-6(4-13)1-5(2-11)3-12-7/h1,3,8,13H,2,4,11H2. The molecule has 0 unspecified atom stereocenters. The fraction of sp³-hybridized carbons (Fsp3) is 0.375. The third kappa shape index (κ3) is 2.19. The number of alkyl halides is 2. The van der Waals surface area contributed by atoms with Gasteiger partial charge in [0.1, 0.15) is 5.69 Å². The lowest BCUT2D eigenvalue weighted by Gasteiger charge is -2.06. The molecular weight excluding hydrogens is 178 g/mol. The minimum atomic E-state index is -2.66. The van der Waals surface area contributed by atoms with Crippen molar-refractivity contribution in [3.05, 3.63) is 29.1 Å². The van der Waals surface area contributed by atoms with Crippen LogP contribution in [0.1, 0.15) is 23.2 Å². The van der Waals surface area contributed by atoms with Crippen LogP contribution < -0.4 is 5.73 Å². The summed E-state index contributed by atoms with van der Waals surface area (Å²) in [6.45, 7) is -0.218. The van der Waals surface area contributed by atoms with Gasteiger partial charge in [-0.3, -0.25) is 4.98 Å². The fourth-order valence-corrected chi connectivity index (χ4v) is 1.01. The summed E-state index contributed by atoms with van der Waals surface area (Å²) in [5.41, 5.74) is 5.68. The number of aliphatic hydroxyl groups is 1. The Morgan fingerprint density at radius 2 is 2.23 bits per heavy atom. The average molecular weight is 188 g/mol. The van der Waals surface area contributed by atoms with Gasteiger partial charge in [-0.1, -0.05) is 0 Å². The predicted octanol–water partition coefficient (Wildman–Crippen LogP) is 0.970. The molecule has 1 aromatic rings. The van der Waals surface area contributed by atoms with E-state index in [2.05, 4.69) is 4.98 Å². The maximum absolute atomic E-state index is 12.2. The second-order valence-corrected chi connectivity index (χ2v) is 2.55. The van der Waals surface area contributed by atoms with Gasteiger partial charge in [0.25, 0.3) is 6.43 Å². The minimum Gasteiger partial charge on any atom is -0.392 e. The molecule has 0 aliphatic rings. The number of rotatable bonds is 3. The summed E-state index contributed by atoms with van der Waals surface area (Å²) in [5, 5.41) is 8.77. The Bertz CT molecular complexity index is 291. The Hall–Kier alpha value is -1.07. The lowest BCUT2D eigenvalue weighted by molar-refractivity contribution is 0.141. The lowest BCUT2D eigenvalue weighted by Crippen LogP contribution is -2.03. The van der Waals surface area contributed by atoms with E-state index >= 15 is 0 Å². The second kappa shape index (κ2) is 4.25. The van der Waals surface area contributed by atoms with Crippen LogP contribution in [0.15, 0.2) is 12.3 Å². The van der Waals surface area contributed by atoms with Crippen LogP contribution in [0.3, 0.4) is 0 Å². The third-order valence-corrected chi connectivity index (χ3v) is 1.67. The molecule has 3 nitrogen and oxygen atoms in total. The van der Waals surface area contributed by atoms with Crippen LogP contribution in [0, 0.1) is 0 Å². The Balaban J connectivity index is 3.08. The van der Waals surface area contributed by atoms with Crippen molar-refractivity contribution in [1.29, 1.82) is 0 Å². The van der Waals surface area contributed by atoms with E-state index in [-0.39, 0.29) is 17.8 Å². The number of hydrogen-bond donors (Lipinski definition) is 2. The summed E-state index contributed by atoms with van der Waals surface area (Å²) in [5.74, 6) is 0. The molecule has 0 saturated heterocycles. The second-order valence-electron chi connectivity index (χ2n) is 2.55. The molecule has 0 radical (unpaired) electrons. The molecule has 0 fully saturated rings. The number of pyridine rings is 1. The van der Waals surface area contributed by atoms with Crippen LogP contribution in [0.4, 0.5) is 8.78 Å². The first-order chi connectivity index (χ1) is 6.19. The summed E-state index contributed by atoms with van der Waals surface area (Å²) in [4.78, 5) is 3.53. The zero-order chi connectivity index (χ0) is 9.84. The number of halogens is 2. The molecule has 3 N–H and O–H groups in total. The van der Waals surface area contributed by atoms with Gasteiger partial charge in [0.15, 0.2) is 0 Å². The molecule has 1 aromatic heterocycles. The van der Waals surface area contributed by atoms with E-state index in [9.17, 15) is 8.78 Å². The SMILES string of the molecule is NCc1cnc(C(F)F)c(CO)c1. The minimum absolute atomic E-state index is 0.137. The first-order valence-electron chi connectivity index (χ1n) is 3.75. The van der Waals surface area contributed by atoms with E-state index in [1.54, 1.807) is 0 Å². The van der Waals surface area contributed by atoms with Crippen LogP contribution >= 0.6 is 0 Å². The van der Waals surface area contributed by atoms with Crippen LogP contribution in [0.25, 0.3) is 0 Å². The van der Waals surface area contributed by atoms with Gasteiger partial charge >= 0.3 is 0 Å². The molecule has 1 rings (SSSR count). The molecule has 0 bridgehead atoms. The van der Waals surface area contributed by atoms with E-state index in [0.29, 0.717) is 5.56 Å². The number of aromatic nitrogens is 1. The molecule has 1 heterocycles. The summed E-state index contributed by atoms with van der Waals surface area (Å²) in [6, 6.07) is 1.44. The van der Waals surface area contributed by atoms with E-state index in [4.69, 9.17) is 10.8 Å². The van der Waals surface area contributed by atoms with E-state index in [1.165, 1.54) is 12.3 Å². The molecule has 0 atom stereocenters. The normalized spacial score (nSPS) is 10.8. The molecule has 0 amide bonds. The van der Waals surface area contributed by atoms with E-state index in [0.717, 1.165) is 0 Å². The van der Waals surface area contributed by atoms with E-state index < -0.39 is 13.0 Å². The maximum atomic E-state index is 12.2. The number of nitrogens with two attached hydrogens (primary N) is 1. The zero-order valence-electron chi connectivity index (χ0n) is 6.87. The van der Waals surface area contributed by atoms with Crippen molar-refractivity contribution in [1.82, 2.24) is 4.98 Å². The number of hydrogen-bond acceptors (Lipinski definition) is 3. The quantitative estimate of drug-likeness (QED) is 0.743. The van der Waals surface area contributed by atoms with Gasteiger partial charge < -0.3 is 10.8 Å². The summed E-state index contributed by atoms with van der Waals surface area (Å²) < 4.78 is 24.5. The van der Waals surface area contributed by atoms with Crippen molar-refractivity contribution in [2.45, 2.75) is 19.6 Å². The molecule has 0 saturated carbocycles. The highest BCUT2D eigenvalue weighted by molar-refractivity contribution is 5.25. The van der Waals surface area contributed by atoms with E-state index in [1.807, 2.05) is 0 Å². The summed E-state index contributed by atoms with van der Waals surface area (Å²) in [7, 11) is 0. The van der Waals surface area contributed by atoms with Gasteiger partial charge in [0.05, 0.1) is 6.61 Å². The zero-order valence-corrected chi connectivity index (χ0v) is 6.87. The highest BCUT2D eigenvalue weighted by atomic mass is 19.3. The molecule has 0 aliphatic heterocycles. The van der Waals surface area contributed by atoms with Crippen molar-refractivity contribution in [2.75, 3.05) is 0 Å². The first-order valence-corrected chi connectivity index (χ1v) is 3.75. The molecule has 13 heavy (non-hydrogen) atoms. The van der Waals surface area contributed by atoms with Crippen molar-refractivity contribution < 1.29 is 13.9 Å². The Morgan fingerprint density at radius 1 is 1.54 bits per heavy atom. The van der Waals surface area contributed by atoms with Crippen LogP contribution in [-0.2, 0) is 13.2 Å². The van der Waals surface area contributed by atoms with Crippen LogP contribution in [0.2, 0.25) is 0 Å². The van der Waals surface area contributed by atoms with Crippen molar-refractivity contribution in [3.63, 3.8) is 0 Å². The van der Waals surface area contributed by atoms with Gasteiger partial charge in [0.2, 0.25) is 0 Å². The van der Waals surface area contributed by atoms with Gasteiger partial charge in [-0.05, 0) is 11.6 Å². The smallest absolute Gasteiger partial charge is 0.280 e. The highest BCUT2D eigenvalue weighted by Crippen LogP contribution is 2.21. The Morgan fingerprint density at radius 3 is 2.69 bits per heavy atom. The number of nitrogens with zero attached hydrogens (tertiary/aromatic N) is 1. The molecule has 0 aromatic carbocycles. The van der Waals surface area contributed by atoms with Gasteiger partial charge in [0, 0.05) is 18.3 Å².